The molecule has 232 valence electrons. The van der Waals surface area contributed by atoms with Crippen LogP contribution in [0.25, 0.3) is 10.2 Å². The van der Waals surface area contributed by atoms with E-state index >= 15 is 0 Å². The third-order valence-corrected chi connectivity index (χ3v) is 9.45. The number of amides is 1. The maximum absolute atomic E-state index is 14.2. The number of aliphatic hydroxyl groups excluding tert-OH is 1. The van der Waals surface area contributed by atoms with Gasteiger partial charge in [-0.05, 0) is 35.4 Å². The number of anilines is 1. The second-order valence-corrected chi connectivity index (χ2v) is 12.4. The minimum absolute atomic E-state index is 0.0171. The molecule has 1 fully saturated rings. The average molecular weight is 659 g/mol. The number of fused-ring (bicyclic) bond motifs is 1. The lowest BCUT2D eigenvalue weighted by molar-refractivity contribution is -0.245. The predicted molar refractivity (Wildman–Crippen MR) is 159 cm³/mol. The molecule has 1 amide bonds. The minimum atomic E-state index is -2.36. The van der Waals surface area contributed by atoms with Crippen molar-refractivity contribution in [2.75, 3.05) is 11.1 Å². The summed E-state index contributed by atoms with van der Waals surface area (Å²) in [5, 5.41) is 11.6. The first-order chi connectivity index (χ1) is 21.7. The fraction of sp³-hybridized carbons (Fsp3) is 0.188. The number of halogens is 5. The molecular weight excluding hydrogens is 635 g/mol. The van der Waals surface area contributed by atoms with E-state index in [1.807, 2.05) is 36.4 Å². The van der Waals surface area contributed by atoms with Crippen molar-refractivity contribution in [3.8, 4) is 0 Å². The van der Waals surface area contributed by atoms with Crippen LogP contribution in [-0.2, 0) is 16.1 Å². The Morgan fingerprint density at radius 2 is 1.60 bits per heavy atom. The Morgan fingerprint density at radius 1 is 0.889 bits per heavy atom. The summed E-state index contributed by atoms with van der Waals surface area (Å²) in [5.41, 5.74) is 1.36. The van der Waals surface area contributed by atoms with Gasteiger partial charge >= 0.3 is 0 Å². The molecule has 0 unspecified atom stereocenters. The fourth-order valence-electron chi connectivity index (χ4n) is 4.86. The van der Waals surface area contributed by atoms with E-state index in [9.17, 15) is 31.9 Å². The van der Waals surface area contributed by atoms with Crippen molar-refractivity contribution in [2.45, 2.75) is 35.9 Å². The lowest BCUT2D eigenvalue weighted by atomic mass is 10.0. The van der Waals surface area contributed by atoms with Gasteiger partial charge in [0.05, 0.1) is 29.0 Å². The second-order valence-electron chi connectivity index (χ2n) is 10.1. The van der Waals surface area contributed by atoms with Crippen LogP contribution in [0.1, 0.15) is 45.9 Å². The molecule has 1 aliphatic heterocycles. The summed E-state index contributed by atoms with van der Waals surface area (Å²) >= 11 is 3.12. The Morgan fingerprint density at radius 3 is 2.31 bits per heavy atom. The number of nitrogens with one attached hydrogen (secondary N) is 1. The smallest absolute Gasteiger partial charge is 0.261 e. The van der Waals surface area contributed by atoms with Gasteiger partial charge in [0.2, 0.25) is 5.82 Å². The molecular formula is C32H23F5N2O4S2. The van der Waals surface area contributed by atoms with Crippen LogP contribution < -0.4 is 5.32 Å². The highest BCUT2D eigenvalue weighted by molar-refractivity contribution is 8.01. The number of thiazole rings is 1. The third kappa shape index (κ3) is 6.58. The topological polar surface area (TPSA) is 80.7 Å². The zero-order chi connectivity index (χ0) is 31.7. The predicted octanol–water partition coefficient (Wildman–Crippen LogP) is 8.07. The number of hydrogen-bond donors (Lipinski definition) is 2. The summed E-state index contributed by atoms with van der Waals surface area (Å²) < 4.78 is 83.9. The van der Waals surface area contributed by atoms with Crippen molar-refractivity contribution >= 4 is 44.9 Å². The Bertz CT molecular complexity index is 1810. The molecule has 13 heteroatoms. The van der Waals surface area contributed by atoms with E-state index in [1.54, 1.807) is 41.3 Å². The van der Waals surface area contributed by atoms with Crippen LogP contribution in [0, 0.1) is 29.1 Å². The molecule has 1 aliphatic rings. The van der Waals surface area contributed by atoms with Crippen LogP contribution in [0.4, 0.5) is 27.6 Å². The number of carbonyl (C=O) groups is 1. The lowest BCUT2D eigenvalue weighted by Crippen LogP contribution is -2.31. The molecule has 6 nitrogen and oxygen atoms in total. The first-order valence-electron chi connectivity index (χ1n) is 13.6. The van der Waals surface area contributed by atoms with Crippen LogP contribution in [0.5, 0.6) is 0 Å². The number of aliphatic hydroxyl groups is 1. The zero-order valence-electron chi connectivity index (χ0n) is 23.1. The first-order valence-corrected chi connectivity index (χ1v) is 15.4. The molecule has 0 spiro atoms. The van der Waals surface area contributed by atoms with E-state index in [1.165, 1.54) is 18.2 Å². The van der Waals surface area contributed by atoms with Crippen LogP contribution >= 0.6 is 23.1 Å². The first kappa shape index (κ1) is 31.1. The molecule has 1 aromatic heterocycles. The number of hydrogen-bond acceptors (Lipinski definition) is 7. The molecule has 0 aliphatic carbocycles. The summed E-state index contributed by atoms with van der Waals surface area (Å²) in [7, 11) is 0. The SMILES string of the molecule is O=C(Nc1cccc([C@H]2O[C@@H](CSc3nc4ccccc4s3)C[C@@H](c3ccc(CO)cc3)O2)c1)c1c(F)c(F)c(F)c(F)c1F. The highest BCUT2D eigenvalue weighted by Gasteiger charge is 2.33. The number of para-hydroxylation sites is 1. The molecule has 0 radical (unpaired) electrons. The highest BCUT2D eigenvalue weighted by Crippen LogP contribution is 2.40. The van der Waals surface area contributed by atoms with Crippen molar-refractivity contribution < 1.29 is 41.3 Å². The van der Waals surface area contributed by atoms with Crippen molar-refractivity contribution in [1.29, 1.82) is 0 Å². The Labute approximate surface area is 261 Å². The number of aromatic nitrogens is 1. The maximum Gasteiger partial charge on any atom is 0.261 e. The van der Waals surface area contributed by atoms with Gasteiger partial charge in [-0.1, -0.05) is 60.3 Å². The molecule has 0 bridgehead atoms. The number of rotatable bonds is 8. The van der Waals surface area contributed by atoms with Crippen molar-refractivity contribution in [1.82, 2.24) is 4.98 Å². The second kappa shape index (κ2) is 13.2. The molecule has 2 heterocycles. The molecule has 1 saturated heterocycles. The zero-order valence-corrected chi connectivity index (χ0v) is 24.7. The van der Waals surface area contributed by atoms with Gasteiger partial charge < -0.3 is 19.9 Å². The van der Waals surface area contributed by atoms with Crippen LogP contribution in [0.15, 0.2) is 77.1 Å². The van der Waals surface area contributed by atoms with Gasteiger partial charge in [-0.2, -0.15) is 0 Å². The molecule has 3 atom stereocenters. The van der Waals surface area contributed by atoms with Gasteiger partial charge in [0.15, 0.2) is 33.9 Å². The van der Waals surface area contributed by atoms with Crippen molar-refractivity contribution in [3.63, 3.8) is 0 Å². The lowest BCUT2D eigenvalue weighted by Gasteiger charge is -2.36. The Kier molecular flexibility index (Phi) is 9.15. The Balaban J connectivity index is 1.24. The Hall–Kier alpha value is -3.88. The third-order valence-electron chi connectivity index (χ3n) is 7.14. The number of carbonyl (C=O) groups excluding carboxylic acids is 1. The van der Waals surface area contributed by atoms with Crippen LogP contribution in [-0.4, -0.2) is 27.9 Å². The minimum Gasteiger partial charge on any atom is -0.392 e. The van der Waals surface area contributed by atoms with Gasteiger partial charge in [0.25, 0.3) is 5.91 Å². The standard InChI is InChI=1S/C32H23F5N2O4S2/c33-25-24(26(34)28(36)29(37)27(25)35)30(41)38-19-5-3-4-18(12-19)31-42-20(13-22(43-31)17-10-8-16(14-40)9-11-17)15-44-32-39-21-6-1-2-7-23(21)45-32/h1-12,20,22,31,40H,13-15H2,(H,38,41)/t20-,22+,31+/m1/s1. The molecule has 5 aromatic rings. The molecule has 45 heavy (non-hydrogen) atoms. The van der Waals surface area contributed by atoms with Gasteiger partial charge in [-0.3, -0.25) is 4.79 Å². The van der Waals surface area contributed by atoms with Gasteiger partial charge in [-0.25, -0.2) is 26.9 Å². The van der Waals surface area contributed by atoms with Gasteiger partial charge in [-0.15, -0.1) is 11.3 Å². The number of benzene rings is 4. The maximum atomic E-state index is 14.2. The average Bonchev–Trinajstić information content (AvgIpc) is 3.49. The van der Waals surface area contributed by atoms with Crippen LogP contribution in [0.2, 0.25) is 0 Å². The van der Waals surface area contributed by atoms with E-state index < -0.39 is 53.0 Å². The fourth-order valence-corrected chi connectivity index (χ4v) is 6.97. The monoisotopic (exact) mass is 658 g/mol. The molecule has 6 rings (SSSR count). The van der Waals surface area contributed by atoms with Gasteiger partial charge in [0, 0.05) is 23.4 Å². The van der Waals surface area contributed by atoms with E-state index in [2.05, 4.69) is 10.3 Å². The number of ether oxygens (including phenoxy) is 2. The normalized spacial score (nSPS) is 18.3. The van der Waals surface area contributed by atoms with Crippen molar-refractivity contribution in [2.24, 2.45) is 0 Å². The van der Waals surface area contributed by atoms with Crippen LogP contribution in [0.3, 0.4) is 0 Å². The number of nitrogens with zero attached hydrogens (tertiary/aromatic N) is 1. The van der Waals surface area contributed by atoms with E-state index in [0.717, 1.165) is 25.7 Å². The molecule has 4 aromatic carbocycles. The van der Waals surface area contributed by atoms with E-state index in [0.29, 0.717) is 17.7 Å². The quantitative estimate of drug-likeness (QED) is 0.0760. The van der Waals surface area contributed by atoms with E-state index in [-0.39, 0.29) is 18.4 Å². The summed E-state index contributed by atoms with van der Waals surface area (Å²) in [5.74, 6) is -12.2. The summed E-state index contributed by atoms with van der Waals surface area (Å²) in [6, 6.07) is 21.1. The van der Waals surface area contributed by atoms with Gasteiger partial charge in [0.1, 0.15) is 5.56 Å². The summed E-state index contributed by atoms with van der Waals surface area (Å²) in [6.07, 6.45) is -1.16. The van der Waals surface area contributed by atoms with E-state index in [4.69, 9.17) is 9.47 Å². The molecule has 2 N–H and O–H groups in total. The van der Waals surface area contributed by atoms with Crippen molar-refractivity contribution in [3.05, 3.63) is 124 Å². The number of thioether (sulfide) groups is 1. The summed E-state index contributed by atoms with van der Waals surface area (Å²) in [4.78, 5) is 17.3. The summed E-state index contributed by atoms with van der Waals surface area (Å²) in [6.45, 7) is -0.109. The molecule has 0 saturated carbocycles. The largest absolute Gasteiger partial charge is 0.392 e. The highest BCUT2D eigenvalue weighted by atomic mass is 32.2.